The monoisotopic (exact) mass is 225 g/mol. The second-order valence-electron chi connectivity index (χ2n) is 3.19. The summed E-state index contributed by atoms with van der Waals surface area (Å²) in [7, 11) is 0. The Hall–Kier alpha value is -1.55. The summed E-state index contributed by atoms with van der Waals surface area (Å²) >= 11 is 5.73. The third-order valence-corrected chi connectivity index (χ3v) is 2.41. The molecule has 0 amide bonds. The van der Waals surface area contributed by atoms with Gasteiger partial charge in [-0.2, -0.15) is 0 Å². The Bertz CT molecular complexity index is 413. The molecular weight excluding hydrogens is 218 g/mol. The highest BCUT2D eigenvalue weighted by Gasteiger charge is 2.26. The molecule has 4 nitrogen and oxygen atoms in total. The van der Waals surface area contributed by atoms with Gasteiger partial charge in [0.1, 0.15) is 0 Å². The molecule has 0 fully saturated rings. The van der Waals surface area contributed by atoms with E-state index in [4.69, 9.17) is 21.5 Å². The SMILES string of the molecule is O=C(O)C1=NO[C@@H](c2ccc(Cl)cc2)C1. The Morgan fingerprint density at radius 3 is 2.67 bits per heavy atom. The maximum absolute atomic E-state index is 10.6. The van der Waals surface area contributed by atoms with E-state index >= 15 is 0 Å². The molecule has 0 radical (unpaired) electrons. The minimum Gasteiger partial charge on any atom is -0.477 e. The van der Waals surface area contributed by atoms with Gasteiger partial charge in [0.15, 0.2) is 11.8 Å². The van der Waals surface area contributed by atoms with Crippen molar-refractivity contribution in [3.63, 3.8) is 0 Å². The first-order valence-electron chi connectivity index (χ1n) is 4.38. The highest BCUT2D eigenvalue weighted by molar-refractivity contribution is 6.35. The zero-order chi connectivity index (χ0) is 10.8. The van der Waals surface area contributed by atoms with Crippen molar-refractivity contribution in [3.8, 4) is 0 Å². The molecule has 0 saturated carbocycles. The fourth-order valence-electron chi connectivity index (χ4n) is 1.36. The highest BCUT2D eigenvalue weighted by atomic mass is 35.5. The van der Waals surface area contributed by atoms with Gasteiger partial charge < -0.3 is 9.94 Å². The molecule has 1 aliphatic heterocycles. The van der Waals surface area contributed by atoms with Crippen molar-refractivity contribution in [1.29, 1.82) is 0 Å². The molecule has 78 valence electrons. The maximum atomic E-state index is 10.6. The van der Waals surface area contributed by atoms with Crippen LogP contribution in [0.5, 0.6) is 0 Å². The van der Waals surface area contributed by atoms with Crippen LogP contribution in [0.4, 0.5) is 0 Å². The van der Waals surface area contributed by atoms with E-state index < -0.39 is 5.97 Å². The van der Waals surface area contributed by atoms with Crippen LogP contribution in [0, 0.1) is 0 Å². The van der Waals surface area contributed by atoms with Gasteiger partial charge in [-0.05, 0) is 17.7 Å². The van der Waals surface area contributed by atoms with E-state index in [0.29, 0.717) is 5.02 Å². The van der Waals surface area contributed by atoms with Crippen LogP contribution in [0.15, 0.2) is 29.4 Å². The number of halogens is 1. The fraction of sp³-hybridized carbons (Fsp3) is 0.200. The average molecular weight is 226 g/mol. The van der Waals surface area contributed by atoms with Gasteiger partial charge in [-0.25, -0.2) is 4.79 Å². The van der Waals surface area contributed by atoms with Crippen molar-refractivity contribution in [2.24, 2.45) is 5.16 Å². The Balaban J connectivity index is 2.10. The number of carbonyl (C=O) groups is 1. The van der Waals surface area contributed by atoms with Crippen LogP contribution in [0.2, 0.25) is 5.02 Å². The summed E-state index contributed by atoms with van der Waals surface area (Å²) in [6.07, 6.45) is -0.0230. The lowest BCUT2D eigenvalue weighted by molar-refractivity contribution is -0.129. The van der Waals surface area contributed by atoms with E-state index in [1.807, 2.05) is 0 Å². The Kier molecular flexibility index (Phi) is 2.60. The number of carboxylic acid groups (broad SMARTS) is 1. The van der Waals surface area contributed by atoms with Crippen LogP contribution < -0.4 is 0 Å². The summed E-state index contributed by atoms with van der Waals surface area (Å²) in [4.78, 5) is 15.6. The molecule has 2 rings (SSSR count). The van der Waals surface area contributed by atoms with Gasteiger partial charge in [0.2, 0.25) is 0 Å². The number of benzene rings is 1. The van der Waals surface area contributed by atoms with Gasteiger partial charge in [0.25, 0.3) is 0 Å². The molecule has 0 spiro atoms. The van der Waals surface area contributed by atoms with Crippen molar-refractivity contribution in [2.75, 3.05) is 0 Å². The second kappa shape index (κ2) is 3.90. The number of hydrogen-bond donors (Lipinski definition) is 1. The lowest BCUT2D eigenvalue weighted by atomic mass is 10.0. The molecule has 0 unspecified atom stereocenters. The second-order valence-corrected chi connectivity index (χ2v) is 3.63. The summed E-state index contributed by atoms with van der Waals surface area (Å²) in [5, 5.41) is 12.8. The number of hydrogen-bond acceptors (Lipinski definition) is 3. The summed E-state index contributed by atoms with van der Waals surface area (Å²) in [5.74, 6) is -1.04. The fourth-order valence-corrected chi connectivity index (χ4v) is 1.49. The first-order chi connectivity index (χ1) is 7.16. The van der Waals surface area contributed by atoms with Crippen LogP contribution in [0.3, 0.4) is 0 Å². The zero-order valence-corrected chi connectivity index (χ0v) is 8.44. The van der Waals surface area contributed by atoms with Crippen LogP contribution in [0.1, 0.15) is 18.1 Å². The van der Waals surface area contributed by atoms with Crippen LogP contribution in [-0.2, 0) is 9.63 Å². The molecule has 0 aromatic heterocycles. The molecule has 1 aromatic rings. The van der Waals surface area contributed by atoms with Crippen molar-refractivity contribution >= 4 is 23.3 Å². The molecule has 15 heavy (non-hydrogen) atoms. The molecule has 5 heteroatoms. The van der Waals surface area contributed by atoms with Gasteiger partial charge in [0, 0.05) is 11.4 Å². The van der Waals surface area contributed by atoms with Gasteiger partial charge in [0.05, 0.1) is 0 Å². The molecular formula is C10H8ClNO3. The van der Waals surface area contributed by atoms with Crippen molar-refractivity contribution in [1.82, 2.24) is 0 Å². The zero-order valence-electron chi connectivity index (χ0n) is 7.68. The van der Waals surface area contributed by atoms with Crippen LogP contribution >= 0.6 is 11.6 Å². The predicted molar refractivity (Wildman–Crippen MR) is 55.0 cm³/mol. The lowest BCUT2D eigenvalue weighted by Crippen LogP contribution is -2.11. The lowest BCUT2D eigenvalue weighted by Gasteiger charge is -2.07. The maximum Gasteiger partial charge on any atom is 0.353 e. The largest absolute Gasteiger partial charge is 0.477 e. The minimum absolute atomic E-state index is 0.0509. The van der Waals surface area contributed by atoms with Gasteiger partial charge >= 0.3 is 5.97 Å². The van der Waals surface area contributed by atoms with Gasteiger partial charge in [-0.15, -0.1) is 0 Å². The first-order valence-corrected chi connectivity index (χ1v) is 4.76. The highest BCUT2D eigenvalue weighted by Crippen LogP contribution is 2.27. The topological polar surface area (TPSA) is 58.9 Å². The Morgan fingerprint density at radius 1 is 1.47 bits per heavy atom. The summed E-state index contributed by atoms with van der Waals surface area (Å²) < 4.78 is 0. The van der Waals surface area contributed by atoms with E-state index in [9.17, 15) is 4.79 Å². The van der Waals surface area contributed by atoms with E-state index in [2.05, 4.69) is 5.16 Å². The van der Waals surface area contributed by atoms with Gasteiger partial charge in [-0.1, -0.05) is 28.9 Å². The number of aliphatic carboxylic acids is 1. The molecule has 1 aliphatic rings. The predicted octanol–water partition coefficient (Wildman–Crippen LogP) is 2.24. The molecule has 0 aliphatic carbocycles. The number of carboxylic acids is 1. The van der Waals surface area contributed by atoms with Crippen molar-refractivity contribution in [2.45, 2.75) is 12.5 Å². The Morgan fingerprint density at radius 2 is 2.13 bits per heavy atom. The van der Waals surface area contributed by atoms with E-state index in [1.165, 1.54) is 0 Å². The van der Waals surface area contributed by atoms with E-state index in [0.717, 1.165) is 5.56 Å². The molecule has 1 aromatic carbocycles. The van der Waals surface area contributed by atoms with E-state index in [-0.39, 0.29) is 18.2 Å². The number of nitrogens with zero attached hydrogens (tertiary/aromatic N) is 1. The molecule has 1 atom stereocenters. The van der Waals surface area contributed by atoms with Crippen LogP contribution in [-0.4, -0.2) is 16.8 Å². The van der Waals surface area contributed by atoms with Crippen molar-refractivity contribution < 1.29 is 14.7 Å². The molecule has 1 N–H and O–H groups in total. The minimum atomic E-state index is -1.04. The molecule has 1 heterocycles. The number of oxime groups is 1. The quantitative estimate of drug-likeness (QED) is 0.840. The standard InChI is InChI=1S/C10H8ClNO3/c11-7-3-1-6(2-4-7)9-5-8(10(13)14)12-15-9/h1-4,9H,5H2,(H,13,14)/t9-/m1/s1. The molecule has 0 saturated heterocycles. The van der Waals surface area contributed by atoms with Crippen LogP contribution in [0.25, 0.3) is 0 Å². The average Bonchev–Trinajstić information content (AvgIpc) is 2.68. The summed E-state index contributed by atoms with van der Waals surface area (Å²) in [6.45, 7) is 0. The van der Waals surface area contributed by atoms with Gasteiger partial charge in [-0.3, -0.25) is 0 Å². The van der Waals surface area contributed by atoms with Crippen molar-refractivity contribution in [3.05, 3.63) is 34.9 Å². The molecule has 0 bridgehead atoms. The first kappa shape index (κ1) is 9.98. The third kappa shape index (κ3) is 2.10. The normalized spacial score (nSPS) is 19.5. The van der Waals surface area contributed by atoms with E-state index in [1.54, 1.807) is 24.3 Å². The summed E-state index contributed by atoms with van der Waals surface area (Å²) in [5.41, 5.74) is 0.925. The Labute approximate surface area is 91.1 Å². The number of rotatable bonds is 2. The smallest absolute Gasteiger partial charge is 0.353 e. The third-order valence-electron chi connectivity index (χ3n) is 2.16. The summed E-state index contributed by atoms with van der Waals surface area (Å²) in [6, 6.07) is 7.07.